The van der Waals surface area contributed by atoms with E-state index in [0.717, 1.165) is 43.3 Å². The van der Waals surface area contributed by atoms with Crippen molar-refractivity contribution in [2.75, 3.05) is 30.9 Å². The van der Waals surface area contributed by atoms with E-state index in [0.29, 0.717) is 0 Å². The third kappa shape index (κ3) is 3.30. The Balaban J connectivity index is 1.92. The fraction of sp³-hybridized carbons (Fsp3) is 0.692. The molecular formula is C13H21N3O2S. The maximum absolute atomic E-state index is 12.4. The number of nitrogens with zero attached hydrogens (tertiary/aromatic N) is 3. The third-order valence-electron chi connectivity index (χ3n) is 3.22. The minimum absolute atomic E-state index is 0.0899. The van der Waals surface area contributed by atoms with Gasteiger partial charge >= 0.3 is 0 Å². The molecule has 0 aliphatic carbocycles. The molecule has 1 aliphatic rings. The number of anilines is 1. The van der Waals surface area contributed by atoms with E-state index in [-0.39, 0.29) is 11.2 Å². The standard InChI is InChI=1S/C13H21N3O2S/c1-10-9-12(15(2)14-10)16-6-5-11(13(16)17)19-8-4-7-18-3/h9,11H,4-8H2,1-3H3/t11-/m1/s1. The second-order valence-electron chi connectivity index (χ2n) is 4.75. The smallest absolute Gasteiger partial charge is 0.241 e. The summed E-state index contributed by atoms with van der Waals surface area (Å²) < 4.78 is 6.80. The minimum Gasteiger partial charge on any atom is -0.385 e. The monoisotopic (exact) mass is 283 g/mol. The van der Waals surface area contributed by atoms with Crippen molar-refractivity contribution in [3.05, 3.63) is 11.8 Å². The molecule has 1 atom stereocenters. The molecule has 0 N–H and O–H groups in total. The summed E-state index contributed by atoms with van der Waals surface area (Å²) in [4.78, 5) is 14.2. The molecular weight excluding hydrogens is 262 g/mol. The highest BCUT2D eigenvalue weighted by atomic mass is 32.2. The number of hydrogen-bond donors (Lipinski definition) is 0. The number of carbonyl (C=O) groups is 1. The largest absolute Gasteiger partial charge is 0.385 e. The molecule has 0 unspecified atom stereocenters. The molecule has 0 aromatic carbocycles. The number of thioether (sulfide) groups is 1. The summed E-state index contributed by atoms with van der Waals surface area (Å²) in [5.74, 6) is 2.09. The molecule has 0 spiro atoms. The van der Waals surface area contributed by atoms with Gasteiger partial charge in [0.2, 0.25) is 5.91 Å². The number of rotatable bonds is 6. The first-order valence-electron chi connectivity index (χ1n) is 6.56. The van der Waals surface area contributed by atoms with E-state index in [1.165, 1.54) is 0 Å². The Hall–Kier alpha value is -1.01. The molecule has 2 rings (SSSR count). The van der Waals surface area contributed by atoms with E-state index in [2.05, 4.69) is 5.10 Å². The molecule has 0 radical (unpaired) electrons. The fourth-order valence-electron chi connectivity index (χ4n) is 2.31. The molecule has 19 heavy (non-hydrogen) atoms. The Labute approximate surface area is 118 Å². The molecule has 2 heterocycles. The van der Waals surface area contributed by atoms with Crippen molar-refractivity contribution in [2.24, 2.45) is 7.05 Å². The quantitative estimate of drug-likeness (QED) is 0.744. The summed E-state index contributed by atoms with van der Waals surface area (Å²) in [6, 6.07) is 1.97. The van der Waals surface area contributed by atoms with Gasteiger partial charge in [0, 0.05) is 33.4 Å². The lowest BCUT2D eigenvalue weighted by molar-refractivity contribution is -0.116. The lowest BCUT2D eigenvalue weighted by Gasteiger charge is -2.16. The zero-order valence-corrected chi connectivity index (χ0v) is 12.6. The maximum atomic E-state index is 12.4. The molecule has 1 aromatic heterocycles. The van der Waals surface area contributed by atoms with Crippen molar-refractivity contribution < 1.29 is 9.53 Å². The van der Waals surface area contributed by atoms with Crippen molar-refractivity contribution in [3.8, 4) is 0 Å². The molecule has 1 saturated heterocycles. The van der Waals surface area contributed by atoms with Gasteiger partial charge in [0.1, 0.15) is 5.82 Å². The lowest BCUT2D eigenvalue weighted by Crippen LogP contribution is -2.29. The van der Waals surface area contributed by atoms with Gasteiger partial charge in [0.15, 0.2) is 0 Å². The predicted octanol–water partition coefficient (Wildman–Crippen LogP) is 1.60. The summed E-state index contributed by atoms with van der Waals surface area (Å²) in [6.45, 7) is 3.50. The molecule has 0 saturated carbocycles. The molecule has 5 nitrogen and oxygen atoms in total. The van der Waals surface area contributed by atoms with Gasteiger partial charge in [-0.3, -0.25) is 14.4 Å². The molecule has 1 fully saturated rings. The highest BCUT2D eigenvalue weighted by Crippen LogP contribution is 2.28. The van der Waals surface area contributed by atoms with Crippen LogP contribution in [0.15, 0.2) is 6.07 Å². The SMILES string of the molecule is COCCCS[C@@H]1CCN(c2cc(C)nn2C)C1=O. The van der Waals surface area contributed by atoms with Crippen LogP contribution in [0.3, 0.4) is 0 Å². The second kappa shape index (κ2) is 6.43. The van der Waals surface area contributed by atoms with Gasteiger partial charge < -0.3 is 4.74 Å². The number of aryl methyl sites for hydroxylation is 2. The Morgan fingerprint density at radius 1 is 1.58 bits per heavy atom. The molecule has 6 heteroatoms. The number of aromatic nitrogens is 2. The third-order valence-corrected chi connectivity index (χ3v) is 4.59. The Bertz CT molecular complexity index is 447. The van der Waals surface area contributed by atoms with Crippen molar-refractivity contribution in [1.82, 2.24) is 9.78 Å². The van der Waals surface area contributed by atoms with E-state index in [9.17, 15) is 4.79 Å². The predicted molar refractivity (Wildman–Crippen MR) is 77.7 cm³/mol. The van der Waals surface area contributed by atoms with Crippen LogP contribution in [0.4, 0.5) is 5.82 Å². The average Bonchev–Trinajstić information content (AvgIpc) is 2.88. The van der Waals surface area contributed by atoms with Gasteiger partial charge in [-0.2, -0.15) is 5.10 Å². The van der Waals surface area contributed by atoms with Crippen molar-refractivity contribution in [1.29, 1.82) is 0 Å². The molecule has 1 amide bonds. The zero-order valence-electron chi connectivity index (χ0n) is 11.8. The Kier molecular flexibility index (Phi) is 4.87. The van der Waals surface area contributed by atoms with Crippen LogP contribution in [-0.4, -0.2) is 47.0 Å². The zero-order chi connectivity index (χ0) is 13.8. The van der Waals surface area contributed by atoms with Crippen LogP contribution < -0.4 is 4.90 Å². The van der Waals surface area contributed by atoms with Crippen molar-refractivity contribution >= 4 is 23.5 Å². The van der Waals surface area contributed by atoms with E-state index in [1.54, 1.807) is 23.6 Å². The molecule has 106 valence electrons. The lowest BCUT2D eigenvalue weighted by atomic mass is 10.4. The van der Waals surface area contributed by atoms with E-state index >= 15 is 0 Å². The van der Waals surface area contributed by atoms with Gasteiger partial charge in [-0.25, -0.2) is 0 Å². The van der Waals surface area contributed by atoms with Gasteiger partial charge in [-0.1, -0.05) is 0 Å². The Morgan fingerprint density at radius 3 is 3.00 bits per heavy atom. The van der Waals surface area contributed by atoms with Crippen LogP contribution in [-0.2, 0) is 16.6 Å². The van der Waals surface area contributed by atoms with Gasteiger partial charge in [0.05, 0.1) is 10.9 Å². The normalized spacial score (nSPS) is 19.4. The van der Waals surface area contributed by atoms with E-state index in [4.69, 9.17) is 4.74 Å². The Morgan fingerprint density at radius 2 is 2.37 bits per heavy atom. The number of ether oxygens (including phenoxy) is 1. The summed E-state index contributed by atoms with van der Waals surface area (Å²) in [6.07, 6.45) is 1.91. The summed E-state index contributed by atoms with van der Waals surface area (Å²) in [5, 5.41) is 4.39. The minimum atomic E-state index is 0.0899. The number of carbonyl (C=O) groups excluding carboxylic acids is 1. The number of methoxy groups -OCH3 is 1. The van der Waals surface area contributed by atoms with Gasteiger partial charge in [-0.15, -0.1) is 11.8 Å². The van der Waals surface area contributed by atoms with Crippen LogP contribution in [0.5, 0.6) is 0 Å². The molecule has 1 aliphatic heterocycles. The van der Waals surface area contributed by atoms with E-state index in [1.807, 2.05) is 24.9 Å². The molecule has 0 bridgehead atoms. The fourth-order valence-corrected chi connectivity index (χ4v) is 3.43. The topological polar surface area (TPSA) is 47.4 Å². The van der Waals surface area contributed by atoms with E-state index < -0.39 is 0 Å². The molecule has 1 aromatic rings. The van der Waals surface area contributed by atoms with Crippen LogP contribution in [0.2, 0.25) is 0 Å². The summed E-state index contributed by atoms with van der Waals surface area (Å²) in [7, 11) is 3.59. The number of amides is 1. The first-order valence-corrected chi connectivity index (χ1v) is 7.61. The number of hydrogen-bond acceptors (Lipinski definition) is 4. The second-order valence-corrected chi connectivity index (χ2v) is 6.06. The van der Waals surface area contributed by atoms with Crippen molar-refractivity contribution in [3.63, 3.8) is 0 Å². The summed E-state index contributed by atoms with van der Waals surface area (Å²) in [5.41, 5.74) is 0.946. The van der Waals surface area contributed by atoms with Crippen molar-refractivity contribution in [2.45, 2.75) is 25.0 Å². The van der Waals surface area contributed by atoms with Gasteiger partial charge in [0.25, 0.3) is 0 Å². The highest BCUT2D eigenvalue weighted by molar-refractivity contribution is 8.00. The summed E-state index contributed by atoms with van der Waals surface area (Å²) >= 11 is 1.74. The first-order chi connectivity index (χ1) is 9.13. The van der Waals surface area contributed by atoms with Crippen LogP contribution in [0.1, 0.15) is 18.5 Å². The average molecular weight is 283 g/mol. The first kappa shape index (κ1) is 14.4. The van der Waals surface area contributed by atoms with Crippen LogP contribution in [0.25, 0.3) is 0 Å². The highest BCUT2D eigenvalue weighted by Gasteiger charge is 2.34. The van der Waals surface area contributed by atoms with Crippen LogP contribution in [0, 0.1) is 6.92 Å². The van der Waals surface area contributed by atoms with Crippen LogP contribution >= 0.6 is 11.8 Å². The van der Waals surface area contributed by atoms with Gasteiger partial charge in [-0.05, 0) is 25.5 Å². The maximum Gasteiger partial charge on any atom is 0.241 e.